The van der Waals surface area contributed by atoms with E-state index < -0.39 is 0 Å². The van der Waals surface area contributed by atoms with Crippen molar-refractivity contribution < 1.29 is 9.32 Å². The Morgan fingerprint density at radius 1 is 0.972 bits per heavy atom. The molecule has 190 valence electrons. The van der Waals surface area contributed by atoms with E-state index in [1.165, 1.54) is 37.9 Å². The van der Waals surface area contributed by atoms with Gasteiger partial charge in [-0.05, 0) is 68.6 Å². The van der Waals surface area contributed by atoms with Crippen LogP contribution in [0.25, 0.3) is 11.4 Å². The predicted molar refractivity (Wildman–Crippen MR) is 143 cm³/mol. The lowest BCUT2D eigenvalue weighted by molar-refractivity contribution is -0.127. The maximum absolute atomic E-state index is 12.9. The van der Waals surface area contributed by atoms with Crippen molar-refractivity contribution in [1.82, 2.24) is 25.3 Å². The summed E-state index contributed by atoms with van der Waals surface area (Å²) in [6.45, 7) is 6.19. The molecule has 0 bridgehead atoms. The average molecular weight is 553 g/mol. The number of nitrogens with zero attached hydrogens (tertiary/aromatic N) is 4. The number of aromatic nitrogens is 2. The molecule has 0 aliphatic carbocycles. The normalized spacial score (nSPS) is 19.3. The Morgan fingerprint density at radius 3 is 2.56 bits per heavy atom. The Labute approximate surface area is 221 Å². The Balaban J connectivity index is 1.09. The summed E-state index contributed by atoms with van der Waals surface area (Å²) in [5.41, 5.74) is 3.40. The highest BCUT2D eigenvalue weighted by molar-refractivity contribution is 9.10. The zero-order valence-electron chi connectivity index (χ0n) is 20.7. The summed E-state index contributed by atoms with van der Waals surface area (Å²) in [5, 5.41) is 7.29. The highest BCUT2D eigenvalue weighted by Gasteiger charge is 2.27. The molecule has 1 aromatic heterocycles. The fraction of sp³-hybridized carbons (Fsp3) is 0.464. The number of carbonyl (C=O) groups excluding carboxylic acids is 1. The molecule has 36 heavy (non-hydrogen) atoms. The van der Waals surface area contributed by atoms with Crippen molar-refractivity contribution in [2.75, 3.05) is 26.2 Å². The number of nitrogens with one attached hydrogen (secondary N) is 1. The molecule has 3 heterocycles. The summed E-state index contributed by atoms with van der Waals surface area (Å²) in [5.74, 6) is 1.26. The van der Waals surface area contributed by atoms with Crippen LogP contribution < -0.4 is 5.32 Å². The minimum absolute atomic E-state index is 0.0235. The molecule has 1 unspecified atom stereocenters. The molecule has 1 N–H and O–H groups in total. The SMILES string of the molecule is O=C(NCc1ccc(CN2CCCCC2)cc1)C1CCCN(Cc2nc(-c3cccc(Br)c3)no2)C1. The van der Waals surface area contributed by atoms with Crippen molar-refractivity contribution >= 4 is 21.8 Å². The minimum atomic E-state index is -0.0235. The summed E-state index contributed by atoms with van der Waals surface area (Å²) < 4.78 is 6.48. The van der Waals surface area contributed by atoms with Gasteiger partial charge in [0.15, 0.2) is 0 Å². The molecule has 2 saturated heterocycles. The standard InChI is InChI=1S/C28H34BrN5O2/c29-25-8-4-6-23(16-25)27-31-26(36-32-27)20-34-15-5-7-24(19-34)28(35)30-17-21-9-11-22(12-10-21)18-33-13-2-1-3-14-33/h4,6,8-12,16,24H,1-3,5,7,13-15,17-20H2,(H,30,35). The van der Waals surface area contributed by atoms with Crippen molar-refractivity contribution in [3.63, 3.8) is 0 Å². The van der Waals surface area contributed by atoms with Gasteiger partial charge in [0.25, 0.3) is 0 Å². The smallest absolute Gasteiger partial charge is 0.241 e. The van der Waals surface area contributed by atoms with E-state index in [0.717, 1.165) is 41.5 Å². The molecular formula is C28H34BrN5O2. The number of amides is 1. The topological polar surface area (TPSA) is 74.5 Å². The van der Waals surface area contributed by atoms with Crippen LogP contribution in [0.4, 0.5) is 0 Å². The minimum Gasteiger partial charge on any atom is -0.352 e. The first-order valence-corrected chi connectivity index (χ1v) is 13.8. The second-order valence-electron chi connectivity index (χ2n) is 9.97. The predicted octanol–water partition coefficient (Wildman–Crippen LogP) is 5.01. The van der Waals surface area contributed by atoms with Gasteiger partial charge in [-0.2, -0.15) is 4.98 Å². The van der Waals surface area contributed by atoms with Gasteiger partial charge in [-0.15, -0.1) is 0 Å². The second-order valence-corrected chi connectivity index (χ2v) is 10.9. The van der Waals surface area contributed by atoms with Crippen molar-refractivity contribution in [2.24, 2.45) is 5.92 Å². The number of hydrogen-bond acceptors (Lipinski definition) is 6. The van der Waals surface area contributed by atoms with Crippen LogP contribution in [-0.2, 0) is 24.4 Å². The van der Waals surface area contributed by atoms with E-state index >= 15 is 0 Å². The van der Waals surface area contributed by atoms with E-state index in [1.54, 1.807) is 0 Å². The lowest BCUT2D eigenvalue weighted by Gasteiger charge is -2.30. The van der Waals surface area contributed by atoms with E-state index in [1.807, 2.05) is 24.3 Å². The van der Waals surface area contributed by atoms with Gasteiger partial charge >= 0.3 is 0 Å². The monoisotopic (exact) mass is 551 g/mol. The number of hydrogen-bond donors (Lipinski definition) is 1. The van der Waals surface area contributed by atoms with Gasteiger partial charge < -0.3 is 9.84 Å². The first-order chi connectivity index (χ1) is 17.6. The molecule has 3 aromatic rings. The lowest BCUT2D eigenvalue weighted by Crippen LogP contribution is -2.42. The van der Waals surface area contributed by atoms with Gasteiger partial charge in [0, 0.05) is 29.7 Å². The molecule has 8 heteroatoms. The van der Waals surface area contributed by atoms with Crippen molar-refractivity contribution in [2.45, 2.75) is 51.7 Å². The van der Waals surface area contributed by atoms with Gasteiger partial charge in [-0.25, -0.2) is 0 Å². The second kappa shape index (κ2) is 12.1. The maximum Gasteiger partial charge on any atom is 0.241 e. The number of piperidine rings is 2. The third-order valence-electron chi connectivity index (χ3n) is 7.13. The van der Waals surface area contributed by atoms with Crippen LogP contribution in [0.5, 0.6) is 0 Å². The Bertz CT molecular complexity index is 1140. The van der Waals surface area contributed by atoms with E-state index in [-0.39, 0.29) is 11.8 Å². The quantitative estimate of drug-likeness (QED) is 0.424. The fourth-order valence-corrected chi connectivity index (χ4v) is 5.54. The van der Waals surface area contributed by atoms with Crippen LogP contribution in [0.3, 0.4) is 0 Å². The molecule has 2 aliphatic heterocycles. The number of carbonyl (C=O) groups is 1. The van der Waals surface area contributed by atoms with E-state index in [9.17, 15) is 4.79 Å². The first-order valence-electron chi connectivity index (χ1n) is 13.0. The number of halogens is 1. The van der Waals surface area contributed by atoms with Gasteiger partial charge in [-0.1, -0.05) is 63.9 Å². The summed E-state index contributed by atoms with van der Waals surface area (Å²) >= 11 is 3.48. The highest BCUT2D eigenvalue weighted by Crippen LogP contribution is 2.22. The number of benzene rings is 2. The van der Waals surface area contributed by atoms with Crippen molar-refractivity contribution in [1.29, 1.82) is 0 Å². The van der Waals surface area contributed by atoms with E-state index in [4.69, 9.17) is 4.52 Å². The van der Waals surface area contributed by atoms with Crippen molar-refractivity contribution in [3.05, 3.63) is 70.0 Å². The van der Waals surface area contributed by atoms with Gasteiger partial charge in [-0.3, -0.25) is 14.6 Å². The van der Waals surface area contributed by atoms with E-state index in [2.05, 4.69) is 65.5 Å². The fourth-order valence-electron chi connectivity index (χ4n) is 5.14. The molecule has 5 rings (SSSR count). The van der Waals surface area contributed by atoms with Gasteiger partial charge in [0.05, 0.1) is 12.5 Å². The van der Waals surface area contributed by atoms with Crippen LogP contribution in [0.1, 0.15) is 49.1 Å². The van der Waals surface area contributed by atoms with Crippen LogP contribution in [0.15, 0.2) is 57.5 Å². The molecule has 0 radical (unpaired) electrons. The number of likely N-dealkylation sites (tertiary alicyclic amines) is 2. The third kappa shape index (κ3) is 6.81. The Hall–Kier alpha value is -2.55. The van der Waals surface area contributed by atoms with Crippen LogP contribution in [0.2, 0.25) is 0 Å². The Morgan fingerprint density at radius 2 is 1.75 bits per heavy atom. The molecule has 2 aromatic carbocycles. The van der Waals surface area contributed by atoms with Gasteiger partial charge in [0.2, 0.25) is 17.6 Å². The van der Waals surface area contributed by atoms with Gasteiger partial charge in [0.1, 0.15) is 0 Å². The molecule has 2 aliphatic rings. The number of rotatable bonds is 8. The zero-order valence-corrected chi connectivity index (χ0v) is 22.3. The van der Waals surface area contributed by atoms with Crippen LogP contribution in [0, 0.1) is 5.92 Å². The maximum atomic E-state index is 12.9. The first kappa shape index (κ1) is 25.1. The van der Waals surface area contributed by atoms with Crippen LogP contribution >= 0.6 is 15.9 Å². The average Bonchev–Trinajstić information content (AvgIpc) is 3.37. The lowest BCUT2D eigenvalue weighted by atomic mass is 9.97. The molecule has 1 amide bonds. The van der Waals surface area contributed by atoms with E-state index in [0.29, 0.717) is 31.3 Å². The van der Waals surface area contributed by atoms with Crippen molar-refractivity contribution in [3.8, 4) is 11.4 Å². The Kier molecular flexibility index (Phi) is 8.46. The summed E-state index contributed by atoms with van der Waals surface area (Å²) in [6, 6.07) is 16.5. The zero-order chi connectivity index (χ0) is 24.7. The molecule has 0 spiro atoms. The molecule has 7 nitrogen and oxygen atoms in total. The van der Waals surface area contributed by atoms with Crippen LogP contribution in [-0.4, -0.2) is 52.0 Å². The molecular weight excluding hydrogens is 518 g/mol. The largest absolute Gasteiger partial charge is 0.352 e. The molecule has 2 fully saturated rings. The summed E-state index contributed by atoms with van der Waals surface area (Å²) in [6.07, 6.45) is 5.87. The molecule has 0 saturated carbocycles. The highest BCUT2D eigenvalue weighted by atomic mass is 79.9. The molecule has 1 atom stereocenters. The summed E-state index contributed by atoms with van der Waals surface area (Å²) in [7, 11) is 0. The third-order valence-corrected chi connectivity index (χ3v) is 7.62. The summed E-state index contributed by atoms with van der Waals surface area (Å²) in [4.78, 5) is 22.3.